The minimum atomic E-state index is 0.213. The van der Waals surface area contributed by atoms with Gasteiger partial charge < -0.3 is 10.1 Å². The first kappa shape index (κ1) is 15.8. The maximum Gasteiger partial charge on any atom is 0.123 e. The minimum absolute atomic E-state index is 0.213. The molecule has 0 aliphatic rings. The van der Waals surface area contributed by atoms with Crippen LogP contribution >= 0.6 is 38.9 Å². The van der Waals surface area contributed by atoms with Crippen LogP contribution in [0.3, 0.4) is 0 Å². The normalized spacial score (nSPS) is 12.4. The number of hydrogen-bond donors (Lipinski definition) is 1. The van der Waals surface area contributed by atoms with Gasteiger partial charge in [0, 0.05) is 27.5 Å². The Morgan fingerprint density at radius 1 is 1.40 bits per heavy atom. The lowest BCUT2D eigenvalue weighted by molar-refractivity contribution is 0.401. The van der Waals surface area contributed by atoms with Crippen molar-refractivity contribution in [3.8, 4) is 5.75 Å². The number of nitrogens with one attached hydrogen (secondary N) is 1. The summed E-state index contributed by atoms with van der Waals surface area (Å²) in [6.07, 6.45) is 0. The topological polar surface area (TPSA) is 21.3 Å². The fourth-order valence-electron chi connectivity index (χ4n) is 2.03. The molecule has 20 heavy (non-hydrogen) atoms. The molecule has 0 amide bonds. The standard InChI is InChI=1S/C15H17BrClNOS/c1-9-4-5-14(19-3)12(6-9)10(2)18-8-11-7-13(16)15(17)20-11/h4-7,10,18H,8H2,1-3H3. The summed E-state index contributed by atoms with van der Waals surface area (Å²) in [5, 5.41) is 3.51. The first-order valence-corrected chi connectivity index (χ1v) is 8.31. The van der Waals surface area contributed by atoms with E-state index in [1.807, 2.05) is 6.07 Å². The van der Waals surface area contributed by atoms with Gasteiger partial charge in [-0.2, -0.15) is 0 Å². The van der Waals surface area contributed by atoms with E-state index in [1.54, 1.807) is 18.4 Å². The van der Waals surface area contributed by atoms with E-state index in [4.69, 9.17) is 16.3 Å². The summed E-state index contributed by atoms with van der Waals surface area (Å²) < 4.78 is 7.18. The van der Waals surface area contributed by atoms with Gasteiger partial charge in [0.15, 0.2) is 0 Å². The summed E-state index contributed by atoms with van der Waals surface area (Å²) in [6, 6.07) is 8.50. The quantitative estimate of drug-likeness (QED) is 0.763. The number of methoxy groups -OCH3 is 1. The second-order valence-electron chi connectivity index (χ2n) is 4.68. The third kappa shape index (κ3) is 3.76. The minimum Gasteiger partial charge on any atom is -0.496 e. The zero-order valence-corrected chi connectivity index (χ0v) is 14.8. The second-order valence-corrected chi connectivity index (χ2v) is 7.28. The van der Waals surface area contributed by atoms with Crippen LogP contribution in [0.5, 0.6) is 5.75 Å². The molecule has 0 aliphatic heterocycles. The van der Waals surface area contributed by atoms with Crippen molar-refractivity contribution in [3.05, 3.63) is 49.1 Å². The molecule has 0 radical (unpaired) electrons. The Morgan fingerprint density at radius 3 is 2.75 bits per heavy atom. The van der Waals surface area contributed by atoms with Crippen LogP contribution in [-0.4, -0.2) is 7.11 Å². The van der Waals surface area contributed by atoms with Crippen LogP contribution in [0.1, 0.15) is 29.0 Å². The molecule has 2 rings (SSSR count). The van der Waals surface area contributed by atoms with Gasteiger partial charge in [-0.3, -0.25) is 0 Å². The Bertz CT molecular complexity index is 580. The van der Waals surface area contributed by atoms with Crippen molar-refractivity contribution in [1.82, 2.24) is 5.32 Å². The Balaban J connectivity index is 2.08. The number of rotatable bonds is 5. The fraction of sp³-hybridized carbons (Fsp3) is 0.333. The number of halogens is 2. The van der Waals surface area contributed by atoms with Crippen molar-refractivity contribution < 1.29 is 4.74 Å². The Morgan fingerprint density at radius 2 is 2.15 bits per heavy atom. The highest BCUT2D eigenvalue weighted by Crippen LogP contribution is 2.32. The van der Waals surface area contributed by atoms with E-state index in [9.17, 15) is 0 Å². The molecule has 1 aromatic heterocycles. The number of aryl methyl sites for hydroxylation is 1. The lowest BCUT2D eigenvalue weighted by atomic mass is 10.0. The van der Waals surface area contributed by atoms with E-state index >= 15 is 0 Å². The van der Waals surface area contributed by atoms with Crippen LogP contribution in [0.25, 0.3) is 0 Å². The van der Waals surface area contributed by atoms with Crippen LogP contribution < -0.4 is 10.1 Å². The van der Waals surface area contributed by atoms with Crippen molar-refractivity contribution in [2.75, 3.05) is 7.11 Å². The van der Waals surface area contributed by atoms with Gasteiger partial charge in [-0.25, -0.2) is 0 Å². The highest BCUT2D eigenvalue weighted by atomic mass is 79.9. The summed E-state index contributed by atoms with van der Waals surface area (Å²) >= 11 is 11.1. The fourth-order valence-corrected chi connectivity index (χ4v) is 3.78. The van der Waals surface area contributed by atoms with Gasteiger partial charge >= 0.3 is 0 Å². The second kappa shape index (κ2) is 6.94. The predicted octanol–water partition coefficient (Wildman–Crippen LogP) is 5.33. The number of ether oxygens (including phenoxy) is 1. The number of hydrogen-bond acceptors (Lipinski definition) is 3. The molecule has 1 atom stereocenters. The summed E-state index contributed by atoms with van der Waals surface area (Å²) in [5.41, 5.74) is 2.41. The van der Waals surface area contributed by atoms with E-state index in [0.29, 0.717) is 0 Å². The lowest BCUT2D eigenvalue weighted by Gasteiger charge is -2.17. The van der Waals surface area contributed by atoms with Gasteiger partial charge in [0.1, 0.15) is 10.1 Å². The van der Waals surface area contributed by atoms with E-state index in [2.05, 4.69) is 53.3 Å². The molecule has 2 aromatic rings. The van der Waals surface area contributed by atoms with Crippen molar-refractivity contribution in [3.63, 3.8) is 0 Å². The van der Waals surface area contributed by atoms with Crippen LogP contribution in [-0.2, 0) is 6.54 Å². The Kier molecular flexibility index (Phi) is 5.49. The summed E-state index contributed by atoms with van der Waals surface area (Å²) in [5.74, 6) is 0.918. The van der Waals surface area contributed by atoms with Crippen LogP contribution in [0.4, 0.5) is 0 Å². The van der Waals surface area contributed by atoms with Crippen LogP contribution in [0.2, 0.25) is 4.34 Å². The van der Waals surface area contributed by atoms with Gasteiger partial charge in [-0.1, -0.05) is 29.3 Å². The van der Waals surface area contributed by atoms with Crippen molar-refractivity contribution in [2.45, 2.75) is 26.4 Å². The average Bonchev–Trinajstić information content (AvgIpc) is 2.75. The molecule has 0 spiro atoms. The third-order valence-corrected chi connectivity index (χ3v) is 5.61. The molecule has 1 N–H and O–H groups in total. The van der Waals surface area contributed by atoms with Crippen LogP contribution in [0.15, 0.2) is 28.7 Å². The molecule has 0 bridgehead atoms. The van der Waals surface area contributed by atoms with E-state index in [1.165, 1.54) is 16.0 Å². The maximum absolute atomic E-state index is 6.05. The highest BCUT2D eigenvalue weighted by molar-refractivity contribution is 9.10. The molecule has 1 unspecified atom stereocenters. The van der Waals surface area contributed by atoms with Crippen molar-refractivity contribution in [2.24, 2.45) is 0 Å². The van der Waals surface area contributed by atoms with Crippen molar-refractivity contribution >= 4 is 38.9 Å². The third-order valence-electron chi connectivity index (χ3n) is 3.13. The monoisotopic (exact) mass is 373 g/mol. The molecule has 0 saturated carbocycles. The first-order chi connectivity index (χ1) is 9.51. The molecule has 5 heteroatoms. The van der Waals surface area contributed by atoms with E-state index < -0.39 is 0 Å². The van der Waals surface area contributed by atoms with Gasteiger partial charge in [0.05, 0.1) is 7.11 Å². The smallest absolute Gasteiger partial charge is 0.123 e. The summed E-state index contributed by atoms with van der Waals surface area (Å²) in [6.45, 7) is 5.02. The molecule has 2 nitrogen and oxygen atoms in total. The number of benzene rings is 1. The number of thiophene rings is 1. The largest absolute Gasteiger partial charge is 0.496 e. The molecule has 0 fully saturated rings. The van der Waals surface area contributed by atoms with Crippen LogP contribution in [0, 0.1) is 6.92 Å². The Labute approximate surface area is 137 Å². The zero-order chi connectivity index (χ0) is 14.7. The molecule has 108 valence electrons. The summed E-state index contributed by atoms with van der Waals surface area (Å²) in [7, 11) is 1.71. The molecule has 0 aliphatic carbocycles. The maximum atomic E-state index is 6.05. The van der Waals surface area contributed by atoms with E-state index in [-0.39, 0.29) is 6.04 Å². The van der Waals surface area contributed by atoms with Gasteiger partial charge in [0.25, 0.3) is 0 Å². The molecular weight excluding hydrogens is 358 g/mol. The van der Waals surface area contributed by atoms with Gasteiger partial charge in [0.2, 0.25) is 0 Å². The summed E-state index contributed by atoms with van der Waals surface area (Å²) in [4.78, 5) is 1.21. The first-order valence-electron chi connectivity index (χ1n) is 6.33. The predicted molar refractivity (Wildman–Crippen MR) is 90.0 cm³/mol. The van der Waals surface area contributed by atoms with Gasteiger partial charge in [-0.05, 0) is 41.9 Å². The molecule has 1 aromatic carbocycles. The highest BCUT2D eigenvalue weighted by Gasteiger charge is 2.12. The average molecular weight is 375 g/mol. The lowest BCUT2D eigenvalue weighted by Crippen LogP contribution is -2.18. The van der Waals surface area contributed by atoms with E-state index in [0.717, 1.165) is 21.1 Å². The SMILES string of the molecule is COc1ccc(C)cc1C(C)NCc1cc(Br)c(Cl)s1. The van der Waals surface area contributed by atoms with Gasteiger partial charge in [-0.15, -0.1) is 11.3 Å². The molecular formula is C15H17BrClNOS. The zero-order valence-electron chi connectivity index (χ0n) is 11.7. The Hall–Kier alpha value is -0.550. The molecule has 1 heterocycles. The van der Waals surface area contributed by atoms with Crippen molar-refractivity contribution in [1.29, 1.82) is 0 Å². The molecule has 0 saturated heterocycles.